The van der Waals surface area contributed by atoms with Crippen molar-refractivity contribution in [3.8, 4) is 0 Å². The van der Waals surface area contributed by atoms with Gasteiger partial charge in [0.1, 0.15) is 0 Å². The van der Waals surface area contributed by atoms with Crippen LogP contribution in [-0.2, 0) is 24.7 Å². The number of allylic oxidation sites excluding steroid dienone is 4. The Hall–Kier alpha value is 0.943. The molecule has 1 rings (SSSR count). The fourth-order valence-electron chi connectivity index (χ4n) is 1.36. The molecule has 67 valence electrons. The van der Waals surface area contributed by atoms with Gasteiger partial charge in [-0.3, -0.25) is 0 Å². The molecule has 0 nitrogen and oxygen atoms in total. The Bertz CT molecular complexity index is 205. The zero-order valence-corrected chi connectivity index (χ0v) is 11.6. The van der Waals surface area contributed by atoms with Crippen LogP contribution in [0.2, 0.25) is 0 Å². The molecule has 0 N–H and O–H groups in total. The molecular weight excluding hydrogens is 270 g/mol. The molecule has 3 heteroatoms. The van der Waals surface area contributed by atoms with E-state index in [9.17, 15) is 0 Å². The second kappa shape index (κ2) is 6.40. The van der Waals surface area contributed by atoms with Crippen molar-refractivity contribution in [3.63, 3.8) is 0 Å². The van der Waals surface area contributed by atoms with Gasteiger partial charge in [0.25, 0.3) is 0 Å². The van der Waals surface area contributed by atoms with Gasteiger partial charge >= 0.3 is 78.3 Å². The van der Waals surface area contributed by atoms with Crippen LogP contribution in [0.1, 0.15) is 27.2 Å². The fraction of sp³-hybridized carbons (Fsp3) is 0.556. The first kappa shape index (κ1) is 15.4. The minimum Gasteiger partial charge on any atom is -1.00 e. The Labute approximate surface area is 103 Å². The van der Waals surface area contributed by atoms with Crippen molar-refractivity contribution in [2.45, 2.75) is 27.2 Å². The number of rotatable bonds is 1. The van der Waals surface area contributed by atoms with Gasteiger partial charge in [0.2, 0.25) is 0 Å². The largest absolute Gasteiger partial charge is 1.00 e. The first-order chi connectivity index (χ1) is 4.63. The van der Waals surface area contributed by atoms with E-state index < -0.39 is 0 Å². The van der Waals surface area contributed by atoms with Gasteiger partial charge in [-0.15, -0.1) is 0 Å². The van der Waals surface area contributed by atoms with Crippen LogP contribution in [0.3, 0.4) is 0 Å². The molecular formula is C9H13Cl2Zr. The first-order valence-corrected chi connectivity index (χ1v) is 4.97. The van der Waals surface area contributed by atoms with Crippen LogP contribution in [0.4, 0.5) is 0 Å². The molecule has 0 bridgehead atoms. The van der Waals surface area contributed by atoms with Crippen LogP contribution in [0.25, 0.3) is 0 Å². The van der Waals surface area contributed by atoms with Crippen molar-refractivity contribution in [1.82, 2.24) is 0 Å². The molecule has 0 aromatic heterocycles. The predicted molar refractivity (Wildman–Crippen MR) is 40.2 cm³/mol. The molecule has 1 aliphatic rings. The molecule has 0 atom stereocenters. The predicted octanol–water partition coefficient (Wildman–Crippen LogP) is -3.20. The average Bonchev–Trinajstić information content (AvgIpc) is 2.14. The molecule has 0 saturated carbocycles. The quantitative estimate of drug-likeness (QED) is 0.476. The maximum absolute atomic E-state index is 2.38. The van der Waals surface area contributed by atoms with Crippen LogP contribution in [0, 0.1) is 5.92 Å². The van der Waals surface area contributed by atoms with Crippen molar-refractivity contribution in [2.24, 2.45) is 5.92 Å². The molecule has 0 aromatic rings. The van der Waals surface area contributed by atoms with Crippen LogP contribution in [0.5, 0.6) is 0 Å². The van der Waals surface area contributed by atoms with E-state index in [-0.39, 0.29) is 24.8 Å². The third kappa shape index (κ3) is 3.36. The Balaban J connectivity index is 0. The fourth-order valence-corrected chi connectivity index (χ4v) is 1.97. The van der Waals surface area contributed by atoms with Gasteiger partial charge in [-0.05, 0) is 0 Å². The van der Waals surface area contributed by atoms with E-state index in [1.165, 1.54) is 6.42 Å². The van der Waals surface area contributed by atoms with E-state index in [1.807, 2.05) is 0 Å². The molecule has 0 unspecified atom stereocenters. The molecule has 12 heavy (non-hydrogen) atoms. The average molecular weight is 283 g/mol. The summed E-state index contributed by atoms with van der Waals surface area (Å²) in [6, 6.07) is 0. The van der Waals surface area contributed by atoms with Crippen LogP contribution >= 0.6 is 0 Å². The monoisotopic (exact) mass is 281 g/mol. The Morgan fingerprint density at radius 3 is 2.00 bits per heavy atom. The standard InChI is InChI=1S/C9H13.2ClH.Zr/c1-7(2)9-6-4-5-8(9)3;;;/h6-7H,4H2,1-3H3;2*1H;/q;;;+2/p-2. The Kier molecular flexibility index (Phi) is 8.23. The van der Waals surface area contributed by atoms with E-state index >= 15 is 0 Å². The van der Waals surface area contributed by atoms with Gasteiger partial charge in [-0.25, -0.2) is 0 Å². The van der Waals surface area contributed by atoms with Crippen molar-refractivity contribution >= 4 is 0 Å². The van der Waals surface area contributed by atoms with E-state index in [0.29, 0.717) is 0 Å². The van der Waals surface area contributed by atoms with Crippen LogP contribution < -0.4 is 24.8 Å². The van der Waals surface area contributed by atoms with Gasteiger partial charge < -0.3 is 24.8 Å². The maximum Gasteiger partial charge on any atom is -1.00 e. The summed E-state index contributed by atoms with van der Waals surface area (Å²) >= 11 is 1.59. The third-order valence-electron chi connectivity index (χ3n) is 2.03. The number of hydrogen-bond acceptors (Lipinski definition) is 0. The molecule has 0 heterocycles. The zero-order valence-electron chi connectivity index (χ0n) is 7.62. The Morgan fingerprint density at radius 1 is 1.33 bits per heavy atom. The minimum absolute atomic E-state index is 0. The molecule has 0 spiro atoms. The van der Waals surface area contributed by atoms with E-state index in [0.717, 1.165) is 5.92 Å². The van der Waals surface area contributed by atoms with Gasteiger partial charge in [0, 0.05) is 0 Å². The summed E-state index contributed by atoms with van der Waals surface area (Å²) in [5.74, 6) is 0.720. The van der Waals surface area contributed by atoms with Crippen molar-refractivity contribution in [3.05, 3.63) is 20.5 Å². The van der Waals surface area contributed by atoms with Crippen molar-refractivity contribution in [1.29, 1.82) is 0 Å². The van der Waals surface area contributed by atoms with E-state index in [1.54, 1.807) is 39.1 Å². The zero-order chi connectivity index (χ0) is 7.72. The van der Waals surface area contributed by atoms with E-state index in [2.05, 4.69) is 26.8 Å². The number of halogens is 2. The molecule has 0 saturated heterocycles. The van der Waals surface area contributed by atoms with Gasteiger partial charge in [0.15, 0.2) is 0 Å². The minimum atomic E-state index is 0. The first-order valence-electron chi connectivity index (χ1n) is 3.74. The second-order valence-corrected chi connectivity index (χ2v) is 4.61. The molecule has 0 aromatic carbocycles. The van der Waals surface area contributed by atoms with E-state index in [4.69, 9.17) is 0 Å². The molecule has 0 radical (unpaired) electrons. The molecule has 0 amide bonds. The normalized spacial score (nSPS) is 15.7. The van der Waals surface area contributed by atoms with Gasteiger partial charge in [-0.1, -0.05) is 0 Å². The summed E-state index contributed by atoms with van der Waals surface area (Å²) in [4.78, 5) is 0. The summed E-state index contributed by atoms with van der Waals surface area (Å²) in [7, 11) is 0. The Morgan fingerprint density at radius 2 is 1.83 bits per heavy atom. The van der Waals surface area contributed by atoms with Crippen LogP contribution in [0.15, 0.2) is 20.5 Å². The summed E-state index contributed by atoms with van der Waals surface area (Å²) in [6.45, 7) is 6.79. The summed E-state index contributed by atoms with van der Waals surface area (Å²) < 4.78 is 1.64. The maximum atomic E-state index is 2.38. The van der Waals surface area contributed by atoms with Crippen LogP contribution in [-0.4, -0.2) is 0 Å². The SMILES string of the molecule is CC1=[C]([Zr+2])CC=C1C(C)C.[Cl-].[Cl-]. The van der Waals surface area contributed by atoms with Gasteiger partial charge in [0.05, 0.1) is 0 Å². The smallest absolute Gasteiger partial charge is 1.00 e. The molecule has 0 fully saturated rings. The summed E-state index contributed by atoms with van der Waals surface area (Å²) in [5.41, 5.74) is 3.14. The summed E-state index contributed by atoms with van der Waals surface area (Å²) in [6.07, 6.45) is 3.60. The molecule has 1 aliphatic carbocycles. The molecule has 0 aliphatic heterocycles. The van der Waals surface area contributed by atoms with Gasteiger partial charge in [-0.2, -0.15) is 0 Å². The van der Waals surface area contributed by atoms with Crippen molar-refractivity contribution < 1.29 is 49.5 Å². The third-order valence-corrected chi connectivity index (χ3v) is 3.46. The van der Waals surface area contributed by atoms with Crippen molar-refractivity contribution in [2.75, 3.05) is 0 Å². The topological polar surface area (TPSA) is 0 Å². The summed E-state index contributed by atoms with van der Waals surface area (Å²) in [5, 5.41) is 0. The second-order valence-electron chi connectivity index (χ2n) is 3.12. The number of hydrogen-bond donors (Lipinski definition) is 0.